The van der Waals surface area contributed by atoms with E-state index in [0.717, 1.165) is 34.4 Å². The fourth-order valence-corrected chi connectivity index (χ4v) is 4.24. The van der Waals surface area contributed by atoms with Crippen molar-refractivity contribution in [3.63, 3.8) is 0 Å². The molecule has 7 heteroatoms. The van der Waals surface area contributed by atoms with Gasteiger partial charge < -0.3 is 15.2 Å². The highest BCUT2D eigenvalue weighted by Crippen LogP contribution is 2.44. The van der Waals surface area contributed by atoms with E-state index >= 15 is 0 Å². The molecule has 0 bridgehead atoms. The van der Waals surface area contributed by atoms with E-state index in [0.29, 0.717) is 12.0 Å². The number of rotatable bonds is 7. The van der Waals surface area contributed by atoms with E-state index in [-0.39, 0.29) is 31.6 Å². The van der Waals surface area contributed by atoms with Gasteiger partial charge in [0.05, 0.1) is 5.56 Å². The molecule has 0 heterocycles. The first-order chi connectivity index (χ1) is 15.9. The summed E-state index contributed by atoms with van der Waals surface area (Å²) in [6.07, 6.45) is -4.65. The minimum Gasteiger partial charge on any atom is -0.449 e. The number of hydrogen-bond donors (Lipinski definition) is 2. The summed E-state index contributed by atoms with van der Waals surface area (Å²) in [6, 6.07) is 20.9. The number of carbonyl (C=O) groups excluding carboxylic acids is 1. The van der Waals surface area contributed by atoms with Gasteiger partial charge in [0.15, 0.2) is 0 Å². The van der Waals surface area contributed by atoms with Crippen molar-refractivity contribution in [1.29, 1.82) is 0 Å². The van der Waals surface area contributed by atoms with Crippen LogP contribution in [0.2, 0.25) is 0 Å². The van der Waals surface area contributed by atoms with E-state index in [1.165, 1.54) is 12.1 Å². The third kappa shape index (κ3) is 5.20. The Labute approximate surface area is 190 Å². The zero-order valence-electron chi connectivity index (χ0n) is 17.8. The topological polar surface area (TPSA) is 58.6 Å². The molecule has 0 aliphatic heterocycles. The lowest BCUT2D eigenvalue weighted by molar-refractivity contribution is -0.137. The van der Waals surface area contributed by atoms with E-state index in [1.807, 2.05) is 36.4 Å². The summed E-state index contributed by atoms with van der Waals surface area (Å²) in [5.41, 5.74) is 4.43. The molecule has 0 saturated heterocycles. The van der Waals surface area contributed by atoms with Crippen molar-refractivity contribution in [3.8, 4) is 11.1 Å². The number of halogens is 3. The highest BCUT2D eigenvalue weighted by molar-refractivity contribution is 5.79. The lowest BCUT2D eigenvalue weighted by atomic mass is 9.98. The van der Waals surface area contributed by atoms with Gasteiger partial charge in [-0.05, 0) is 46.4 Å². The molecule has 0 aromatic heterocycles. The van der Waals surface area contributed by atoms with Crippen LogP contribution in [0, 0.1) is 5.92 Å². The Morgan fingerprint density at radius 2 is 1.52 bits per heavy atom. The number of benzene rings is 3. The number of amides is 1. The number of hydrogen-bond acceptors (Lipinski definition) is 3. The van der Waals surface area contributed by atoms with Crippen molar-refractivity contribution >= 4 is 6.09 Å². The number of carbonyl (C=O) groups is 1. The molecule has 3 aromatic rings. The maximum Gasteiger partial charge on any atom is 0.416 e. The van der Waals surface area contributed by atoms with Gasteiger partial charge >= 0.3 is 12.3 Å². The summed E-state index contributed by atoms with van der Waals surface area (Å²) in [7, 11) is 0. The van der Waals surface area contributed by atoms with E-state index in [9.17, 15) is 23.1 Å². The summed E-state index contributed by atoms with van der Waals surface area (Å²) >= 11 is 0. The van der Waals surface area contributed by atoms with Gasteiger partial charge in [0.2, 0.25) is 0 Å². The molecular formula is C26H24F3NO3. The number of alkyl halides is 3. The van der Waals surface area contributed by atoms with E-state index in [1.54, 1.807) is 0 Å². The summed E-state index contributed by atoms with van der Waals surface area (Å²) in [6.45, 7) is 0.113. The van der Waals surface area contributed by atoms with Crippen LogP contribution in [0.1, 0.15) is 28.2 Å². The molecule has 172 valence electrons. The Morgan fingerprint density at radius 3 is 2.06 bits per heavy atom. The molecule has 0 spiro atoms. The smallest absolute Gasteiger partial charge is 0.416 e. The number of alkyl carbamates (subject to hydrolysis) is 1. The second-order valence-electron chi connectivity index (χ2n) is 8.15. The van der Waals surface area contributed by atoms with Gasteiger partial charge in [0.25, 0.3) is 0 Å². The molecule has 1 amide bonds. The van der Waals surface area contributed by atoms with Gasteiger partial charge in [0.1, 0.15) is 6.61 Å². The maximum atomic E-state index is 12.7. The predicted octanol–water partition coefficient (Wildman–Crippen LogP) is 5.40. The quantitative estimate of drug-likeness (QED) is 0.502. The normalized spacial score (nSPS) is 13.8. The Kier molecular flexibility index (Phi) is 6.70. The van der Waals surface area contributed by atoms with Crippen LogP contribution in [0.4, 0.5) is 18.0 Å². The molecule has 4 rings (SSSR count). The van der Waals surface area contributed by atoms with Crippen LogP contribution in [0.15, 0.2) is 72.8 Å². The molecule has 1 unspecified atom stereocenters. The number of aliphatic hydroxyl groups excluding tert-OH is 1. The van der Waals surface area contributed by atoms with Gasteiger partial charge in [-0.15, -0.1) is 0 Å². The third-order valence-electron chi connectivity index (χ3n) is 5.94. The minimum atomic E-state index is -4.39. The Bertz CT molecular complexity index is 1070. The number of aliphatic hydroxyl groups is 1. The second-order valence-corrected chi connectivity index (χ2v) is 8.15. The van der Waals surface area contributed by atoms with Crippen LogP contribution in [0.5, 0.6) is 0 Å². The van der Waals surface area contributed by atoms with Gasteiger partial charge in [-0.25, -0.2) is 4.79 Å². The van der Waals surface area contributed by atoms with Crippen molar-refractivity contribution in [1.82, 2.24) is 5.32 Å². The number of fused-ring (bicyclic) bond motifs is 3. The molecule has 0 saturated carbocycles. The van der Waals surface area contributed by atoms with Crippen molar-refractivity contribution in [3.05, 3.63) is 95.1 Å². The largest absolute Gasteiger partial charge is 0.449 e. The van der Waals surface area contributed by atoms with Crippen molar-refractivity contribution in [2.75, 3.05) is 19.8 Å². The first kappa shape index (κ1) is 22.9. The van der Waals surface area contributed by atoms with Crippen LogP contribution >= 0.6 is 0 Å². The van der Waals surface area contributed by atoms with Crippen LogP contribution in [-0.4, -0.2) is 31.0 Å². The highest BCUT2D eigenvalue weighted by atomic mass is 19.4. The molecule has 1 atom stereocenters. The molecule has 0 radical (unpaired) electrons. The van der Waals surface area contributed by atoms with Crippen LogP contribution in [0.25, 0.3) is 11.1 Å². The summed E-state index contributed by atoms with van der Waals surface area (Å²) < 4.78 is 43.6. The predicted molar refractivity (Wildman–Crippen MR) is 119 cm³/mol. The highest BCUT2D eigenvalue weighted by Gasteiger charge is 2.30. The summed E-state index contributed by atoms with van der Waals surface area (Å²) in [5.74, 6) is -0.397. The first-order valence-electron chi connectivity index (χ1n) is 10.7. The fraction of sp³-hybridized carbons (Fsp3) is 0.269. The Hall–Kier alpha value is -3.32. The van der Waals surface area contributed by atoms with Gasteiger partial charge in [-0.2, -0.15) is 13.2 Å². The van der Waals surface area contributed by atoms with Crippen LogP contribution in [0.3, 0.4) is 0 Å². The van der Waals surface area contributed by atoms with E-state index in [2.05, 4.69) is 17.4 Å². The van der Waals surface area contributed by atoms with Crippen molar-refractivity contribution in [2.45, 2.75) is 18.5 Å². The van der Waals surface area contributed by atoms with E-state index in [4.69, 9.17) is 4.74 Å². The maximum absolute atomic E-state index is 12.7. The molecule has 33 heavy (non-hydrogen) atoms. The minimum absolute atomic E-state index is 0.0519. The molecule has 4 nitrogen and oxygen atoms in total. The Balaban J connectivity index is 1.31. The molecular weight excluding hydrogens is 431 g/mol. The third-order valence-corrected chi connectivity index (χ3v) is 5.94. The SMILES string of the molecule is O=C(NCC(CO)Cc1ccc(C(F)(F)F)cc1)OCC1c2ccccc2-c2ccccc21. The molecule has 0 fully saturated rings. The second kappa shape index (κ2) is 9.67. The van der Waals surface area contributed by atoms with Crippen LogP contribution in [-0.2, 0) is 17.3 Å². The monoisotopic (exact) mass is 455 g/mol. The average molecular weight is 455 g/mol. The zero-order chi connectivity index (χ0) is 23.4. The lowest BCUT2D eigenvalue weighted by Gasteiger charge is -2.17. The van der Waals surface area contributed by atoms with Crippen LogP contribution < -0.4 is 5.32 Å². The van der Waals surface area contributed by atoms with Crippen molar-refractivity contribution in [2.24, 2.45) is 5.92 Å². The molecule has 3 aromatic carbocycles. The van der Waals surface area contributed by atoms with Gasteiger partial charge in [-0.1, -0.05) is 60.7 Å². The number of ether oxygens (including phenoxy) is 1. The number of nitrogens with one attached hydrogen (secondary N) is 1. The summed E-state index contributed by atoms with van der Waals surface area (Å²) in [4.78, 5) is 12.3. The average Bonchev–Trinajstić information content (AvgIpc) is 3.14. The molecule has 1 aliphatic carbocycles. The van der Waals surface area contributed by atoms with Crippen molar-refractivity contribution < 1.29 is 27.8 Å². The molecule has 1 aliphatic rings. The zero-order valence-corrected chi connectivity index (χ0v) is 17.8. The lowest BCUT2D eigenvalue weighted by Crippen LogP contribution is -2.33. The molecule has 2 N–H and O–H groups in total. The van der Waals surface area contributed by atoms with E-state index < -0.39 is 17.8 Å². The standard InChI is InChI=1S/C26H24F3NO3/c27-26(28,29)19-11-9-17(10-12-19)13-18(15-31)14-30-25(32)33-16-24-22-7-3-1-5-20(22)21-6-2-4-8-23(21)24/h1-12,18,24,31H,13-16H2,(H,30,32). The summed E-state index contributed by atoms with van der Waals surface area (Å²) in [5, 5.41) is 12.3. The fourth-order valence-electron chi connectivity index (χ4n) is 4.24. The van der Waals surface area contributed by atoms with Gasteiger partial charge in [-0.3, -0.25) is 0 Å². The van der Waals surface area contributed by atoms with Gasteiger partial charge in [0, 0.05) is 25.0 Å². The Morgan fingerprint density at radius 1 is 0.939 bits per heavy atom. The first-order valence-corrected chi connectivity index (χ1v) is 10.7.